The molecular formula is C26H33N3O3S. The van der Waals surface area contributed by atoms with E-state index >= 15 is 0 Å². The van der Waals surface area contributed by atoms with Gasteiger partial charge in [0, 0.05) is 29.9 Å². The highest BCUT2D eigenvalue weighted by molar-refractivity contribution is 7.80. The number of ether oxygens (including phenoxy) is 1. The van der Waals surface area contributed by atoms with E-state index in [-0.39, 0.29) is 16.9 Å². The van der Waals surface area contributed by atoms with Crippen molar-refractivity contribution in [1.82, 2.24) is 10.2 Å². The fourth-order valence-corrected chi connectivity index (χ4v) is 3.88. The first-order valence-electron chi connectivity index (χ1n) is 11.7. The van der Waals surface area contributed by atoms with E-state index in [2.05, 4.69) is 24.5 Å². The van der Waals surface area contributed by atoms with Crippen molar-refractivity contribution in [3.8, 4) is 5.75 Å². The number of piperidine rings is 1. The Hall–Kier alpha value is -2.93. The van der Waals surface area contributed by atoms with Crippen LogP contribution in [0.2, 0.25) is 0 Å². The second-order valence-electron chi connectivity index (χ2n) is 8.54. The van der Waals surface area contributed by atoms with Gasteiger partial charge in [-0.2, -0.15) is 0 Å². The average molecular weight is 468 g/mol. The monoisotopic (exact) mass is 467 g/mol. The number of hydrogen-bond acceptors (Lipinski definition) is 4. The van der Waals surface area contributed by atoms with Crippen LogP contribution in [0, 0.1) is 5.92 Å². The van der Waals surface area contributed by atoms with E-state index in [0.717, 1.165) is 50.9 Å². The fourth-order valence-electron chi connectivity index (χ4n) is 3.67. The summed E-state index contributed by atoms with van der Waals surface area (Å²) >= 11 is 5.28. The molecule has 33 heavy (non-hydrogen) atoms. The molecule has 7 heteroatoms. The molecule has 1 aliphatic heterocycles. The van der Waals surface area contributed by atoms with Crippen LogP contribution in [0.1, 0.15) is 66.7 Å². The summed E-state index contributed by atoms with van der Waals surface area (Å²) in [6, 6.07) is 14.2. The predicted molar refractivity (Wildman–Crippen MR) is 136 cm³/mol. The van der Waals surface area contributed by atoms with Gasteiger partial charge in [-0.25, -0.2) is 0 Å². The lowest BCUT2D eigenvalue weighted by molar-refractivity contribution is 0.0697. The quantitative estimate of drug-likeness (QED) is 0.410. The third-order valence-corrected chi connectivity index (χ3v) is 6.02. The summed E-state index contributed by atoms with van der Waals surface area (Å²) in [4.78, 5) is 27.0. The number of hydrogen-bond donors (Lipinski definition) is 2. The molecule has 0 aliphatic carbocycles. The molecule has 0 saturated carbocycles. The van der Waals surface area contributed by atoms with Crippen molar-refractivity contribution < 1.29 is 14.3 Å². The molecule has 2 aromatic carbocycles. The van der Waals surface area contributed by atoms with Gasteiger partial charge in [0.1, 0.15) is 5.75 Å². The van der Waals surface area contributed by atoms with Crippen LogP contribution in [0.25, 0.3) is 0 Å². The zero-order valence-corrected chi connectivity index (χ0v) is 20.2. The first-order valence-corrected chi connectivity index (χ1v) is 12.1. The Morgan fingerprint density at radius 1 is 1.00 bits per heavy atom. The van der Waals surface area contributed by atoms with Crippen molar-refractivity contribution in [3.05, 3.63) is 59.7 Å². The Morgan fingerprint density at radius 3 is 2.27 bits per heavy atom. The number of likely N-dealkylation sites (tertiary alicyclic amines) is 1. The zero-order chi connectivity index (χ0) is 23.6. The number of unbranched alkanes of at least 4 members (excludes halogenated alkanes) is 2. The summed E-state index contributed by atoms with van der Waals surface area (Å²) < 4.78 is 5.68. The number of rotatable bonds is 8. The van der Waals surface area contributed by atoms with Gasteiger partial charge in [0.2, 0.25) is 0 Å². The van der Waals surface area contributed by atoms with Crippen LogP contribution in [0.4, 0.5) is 5.69 Å². The van der Waals surface area contributed by atoms with E-state index in [1.165, 1.54) is 0 Å². The van der Waals surface area contributed by atoms with Gasteiger partial charge in [-0.1, -0.05) is 26.7 Å². The minimum absolute atomic E-state index is 0.0575. The maximum Gasteiger partial charge on any atom is 0.257 e. The lowest BCUT2D eigenvalue weighted by Gasteiger charge is -2.30. The van der Waals surface area contributed by atoms with E-state index in [0.29, 0.717) is 29.3 Å². The SMILES string of the molecule is CCCCCOc1ccc(C(=O)NC(=S)Nc2ccc(C(=O)N3CCC(C)CC3)cc2)cc1. The van der Waals surface area contributed by atoms with Gasteiger partial charge < -0.3 is 15.0 Å². The molecule has 0 spiro atoms. The summed E-state index contributed by atoms with van der Waals surface area (Å²) in [6.45, 7) is 6.67. The lowest BCUT2D eigenvalue weighted by atomic mass is 9.98. The molecule has 1 saturated heterocycles. The molecule has 1 fully saturated rings. The van der Waals surface area contributed by atoms with Gasteiger partial charge >= 0.3 is 0 Å². The minimum atomic E-state index is -0.295. The van der Waals surface area contributed by atoms with Gasteiger partial charge in [-0.05, 0) is 85.9 Å². The molecule has 6 nitrogen and oxygen atoms in total. The van der Waals surface area contributed by atoms with E-state index in [1.54, 1.807) is 48.5 Å². The largest absolute Gasteiger partial charge is 0.494 e. The lowest BCUT2D eigenvalue weighted by Crippen LogP contribution is -2.37. The molecule has 0 unspecified atom stereocenters. The van der Waals surface area contributed by atoms with Gasteiger partial charge in [0.25, 0.3) is 11.8 Å². The normalized spacial score (nSPS) is 13.9. The van der Waals surface area contributed by atoms with Crippen LogP contribution >= 0.6 is 12.2 Å². The van der Waals surface area contributed by atoms with E-state index < -0.39 is 0 Å². The minimum Gasteiger partial charge on any atom is -0.494 e. The van der Waals surface area contributed by atoms with Crippen molar-refractivity contribution in [2.75, 3.05) is 25.0 Å². The molecule has 0 atom stereocenters. The van der Waals surface area contributed by atoms with Crippen LogP contribution in [-0.4, -0.2) is 41.5 Å². The van der Waals surface area contributed by atoms with Crippen LogP contribution in [-0.2, 0) is 0 Å². The molecule has 0 aromatic heterocycles. The van der Waals surface area contributed by atoms with Crippen molar-refractivity contribution >= 4 is 34.8 Å². The third-order valence-electron chi connectivity index (χ3n) is 5.82. The number of nitrogens with one attached hydrogen (secondary N) is 2. The topological polar surface area (TPSA) is 70.7 Å². The van der Waals surface area contributed by atoms with E-state index in [9.17, 15) is 9.59 Å². The Balaban J connectivity index is 1.47. The molecule has 1 aliphatic rings. The summed E-state index contributed by atoms with van der Waals surface area (Å²) in [5, 5.41) is 5.88. The van der Waals surface area contributed by atoms with Crippen LogP contribution in [0.5, 0.6) is 5.75 Å². The van der Waals surface area contributed by atoms with Crippen molar-refractivity contribution in [2.24, 2.45) is 5.92 Å². The Labute approximate surface area is 201 Å². The number of anilines is 1. The van der Waals surface area contributed by atoms with E-state index in [1.807, 2.05) is 4.90 Å². The maximum atomic E-state index is 12.7. The summed E-state index contributed by atoms with van der Waals surface area (Å²) in [5.41, 5.74) is 1.86. The molecule has 2 N–H and O–H groups in total. The molecular weight excluding hydrogens is 434 g/mol. The molecule has 3 rings (SSSR count). The summed E-state index contributed by atoms with van der Waals surface area (Å²) in [7, 11) is 0. The van der Waals surface area contributed by atoms with Gasteiger partial charge in [0.15, 0.2) is 5.11 Å². The number of amides is 2. The number of benzene rings is 2. The van der Waals surface area contributed by atoms with Crippen LogP contribution in [0.3, 0.4) is 0 Å². The van der Waals surface area contributed by atoms with Gasteiger partial charge in [-0.3, -0.25) is 14.9 Å². The predicted octanol–water partition coefficient (Wildman–Crippen LogP) is 5.25. The smallest absolute Gasteiger partial charge is 0.257 e. The first-order chi connectivity index (χ1) is 16.0. The second-order valence-corrected chi connectivity index (χ2v) is 8.95. The number of nitrogens with zero attached hydrogens (tertiary/aromatic N) is 1. The van der Waals surface area contributed by atoms with Crippen LogP contribution < -0.4 is 15.4 Å². The van der Waals surface area contributed by atoms with Crippen LogP contribution in [0.15, 0.2) is 48.5 Å². The van der Waals surface area contributed by atoms with Gasteiger partial charge in [0.05, 0.1) is 6.61 Å². The Bertz CT molecular complexity index is 936. The average Bonchev–Trinajstić information content (AvgIpc) is 2.82. The number of carbonyl (C=O) groups excluding carboxylic acids is 2. The van der Waals surface area contributed by atoms with Crippen molar-refractivity contribution in [1.29, 1.82) is 0 Å². The second kappa shape index (κ2) is 12.3. The summed E-state index contributed by atoms with van der Waals surface area (Å²) in [6.07, 6.45) is 5.41. The molecule has 1 heterocycles. The highest BCUT2D eigenvalue weighted by atomic mass is 32.1. The fraction of sp³-hybridized carbons (Fsp3) is 0.423. The zero-order valence-electron chi connectivity index (χ0n) is 19.4. The molecule has 176 valence electrons. The van der Waals surface area contributed by atoms with E-state index in [4.69, 9.17) is 17.0 Å². The summed E-state index contributed by atoms with van der Waals surface area (Å²) in [5.74, 6) is 1.19. The first kappa shape index (κ1) is 24.7. The number of carbonyl (C=O) groups is 2. The molecule has 2 aromatic rings. The Morgan fingerprint density at radius 2 is 1.64 bits per heavy atom. The van der Waals surface area contributed by atoms with Crippen molar-refractivity contribution in [3.63, 3.8) is 0 Å². The Kier molecular flexibility index (Phi) is 9.24. The highest BCUT2D eigenvalue weighted by Crippen LogP contribution is 2.19. The van der Waals surface area contributed by atoms with Gasteiger partial charge in [-0.15, -0.1) is 0 Å². The molecule has 0 radical (unpaired) electrons. The standard InChI is InChI=1S/C26H33N3O3S/c1-3-4-5-18-32-23-12-8-20(9-13-23)24(30)28-26(33)27-22-10-6-21(7-11-22)25(31)29-16-14-19(2)15-17-29/h6-13,19H,3-5,14-18H2,1-2H3,(H2,27,28,30,33). The highest BCUT2D eigenvalue weighted by Gasteiger charge is 2.21. The molecule has 0 bridgehead atoms. The number of thiocarbonyl (C=S) groups is 1. The maximum absolute atomic E-state index is 12.7. The third kappa shape index (κ3) is 7.56. The van der Waals surface area contributed by atoms with Crippen molar-refractivity contribution in [2.45, 2.75) is 46.0 Å². The molecule has 2 amide bonds.